The fourth-order valence-electron chi connectivity index (χ4n) is 2.71. The number of hydrogen-bond donors (Lipinski definition) is 3. The van der Waals surface area contributed by atoms with Gasteiger partial charge in [0.05, 0.1) is 17.8 Å². The zero-order chi connectivity index (χ0) is 13.1. The van der Waals surface area contributed by atoms with Crippen LogP contribution < -0.4 is 5.32 Å². The quantitative estimate of drug-likeness (QED) is 0.665. The molecule has 0 amide bonds. The first-order chi connectivity index (χ1) is 8.55. The van der Waals surface area contributed by atoms with Gasteiger partial charge in [-0.3, -0.25) is 0 Å². The molecule has 2 unspecified atom stereocenters. The predicted octanol–water partition coefficient (Wildman–Crippen LogP) is 0.0475. The summed E-state index contributed by atoms with van der Waals surface area (Å²) in [6.45, 7) is 4.16. The molecule has 0 aromatic rings. The van der Waals surface area contributed by atoms with Gasteiger partial charge in [0.2, 0.25) is 0 Å². The van der Waals surface area contributed by atoms with Crippen LogP contribution in [-0.2, 0) is 9.47 Å². The smallest absolute Gasteiger partial charge is 0.0972 e. The summed E-state index contributed by atoms with van der Waals surface area (Å²) in [5.41, 5.74) is -1.07. The largest absolute Gasteiger partial charge is 0.393 e. The van der Waals surface area contributed by atoms with Gasteiger partial charge in [-0.1, -0.05) is 0 Å². The zero-order valence-corrected chi connectivity index (χ0v) is 11.2. The monoisotopic (exact) mass is 259 g/mol. The first kappa shape index (κ1) is 14.2. The molecular formula is C13H25NO4. The number of nitrogens with one attached hydrogen (secondary N) is 1. The van der Waals surface area contributed by atoms with Crippen LogP contribution >= 0.6 is 0 Å². The second-order valence-corrected chi connectivity index (χ2v) is 5.87. The fourth-order valence-corrected chi connectivity index (χ4v) is 2.71. The highest BCUT2D eigenvalue weighted by molar-refractivity contribution is 4.92. The summed E-state index contributed by atoms with van der Waals surface area (Å²) in [5.74, 6) is 0. The van der Waals surface area contributed by atoms with Gasteiger partial charge < -0.3 is 25.0 Å². The number of ether oxygens (including phenoxy) is 2. The molecule has 2 aliphatic heterocycles. The molecule has 3 N–H and O–H groups in total. The average Bonchev–Trinajstić information content (AvgIpc) is 2.38. The molecule has 2 saturated heterocycles. The van der Waals surface area contributed by atoms with E-state index in [9.17, 15) is 5.11 Å². The standard InChI is InChI=1S/C13H25NO4/c1-12(16,10-15)9-14-11-2-5-18-13(8-11)3-6-17-7-4-13/h11,14-16H,2-10H2,1H3. The average molecular weight is 259 g/mol. The Morgan fingerprint density at radius 2 is 2.06 bits per heavy atom. The zero-order valence-electron chi connectivity index (χ0n) is 11.2. The van der Waals surface area contributed by atoms with E-state index in [1.54, 1.807) is 6.92 Å². The molecule has 18 heavy (non-hydrogen) atoms. The second kappa shape index (κ2) is 5.84. The Morgan fingerprint density at radius 1 is 1.33 bits per heavy atom. The van der Waals surface area contributed by atoms with Crippen molar-refractivity contribution >= 4 is 0 Å². The Morgan fingerprint density at radius 3 is 2.72 bits per heavy atom. The Kier molecular flexibility index (Phi) is 4.61. The Balaban J connectivity index is 1.83. The van der Waals surface area contributed by atoms with Crippen molar-refractivity contribution in [2.24, 2.45) is 0 Å². The van der Waals surface area contributed by atoms with Crippen molar-refractivity contribution < 1.29 is 19.7 Å². The maximum absolute atomic E-state index is 9.79. The topological polar surface area (TPSA) is 71.0 Å². The predicted molar refractivity (Wildman–Crippen MR) is 67.5 cm³/mol. The highest BCUT2D eigenvalue weighted by atomic mass is 16.5. The Hall–Kier alpha value is -0.200. The minimum Gasteiger partial charge on any atom is -0.393 e. The number of aliphatic hydroxyl groups excluding tert-OH is 1. The lowest BCUT2D eigenvalue weighted by Crippen LogP contribution is -2.52. The van der Waals surface area contributed by atoms with E-state index in [0.29, 0.717) is 12.6 Å². The van der Waals surface area contributed by atoms with E-state index in [0.717, 1.165) is 45.5 Å². The molecule has 2 aliphatic rings. The highest BCUT2D eigenvalue weighted by Crippen LogP contribution is 2.34. The number of hydrogen-bond acceptors (Lipinski definition) is 5. The summed E-state index contributed by atoms with van der Waals surface area (Å²) in [7, 11) is 0. The Labute approximate surface area is 108 Å². The van der Waals surface area contributed by atoms with Crippen LogP contribution in [0, 0.1) is 0 Å². The summed E-state index contributed by atoms with van der Waals surface area (Å²) in [4.78, 5) is 0. The fraction of sp³-hybridized carbons (Fsp3) is 1.00. The highest BCUT2D eigenvalue weighted by Gasteiger charge is 2.39. The van der Waals surface area contributed by atoms with Crippen LogP contribution in [0.3, 0.4) is 0 Å². The van der Waals surface area contributed by atoms with Crippen LogP contribution in [0.4, 0.5) is 0 Å². The SMILES string of the molecule is CC(O)(CO)CNC1CCOC2(CCOCC2)C1. The van der Waals surface area contributed by atoms with E-state index in [1.165, 1.54) is 0 Å². The van der Waals surface area contributed by atoms with Crippen molar-refractivity contribution in [2.75, 3.05) is 33.0 Å². The minimum atomic E-state index is -1.04. The van der Waals surface area contributed by atoms with Gasteiger partial charge in [-0.05, 0) is 32.6 Å². The number of aliphatic hydroxyl groups is 2. The van der Waals surface area contributed by atoms with E-state index >= 15 is 0 Å². The molecule has 0 aliphatic carbocycles. The molecule has 0 aromatic carbocycles. The van der Waals surface area contributed by atoms with Gasteiger partial charge in [-0.2, -0.15) is 0 Å². The molecular weight excluding hydrogens is 234 g/mol. The van der Waals surface area contributed by atoms with Crippen molar-refractivity contribution in [3.05, 3.63) is 0 Å². The molecule has 0 radical (unpaired) electrons. The van der Waals surface area contributed by atoms with Crippen LogP contribution in [0.25, 0.3) is 0 Å². The molecule has 5 nitrogen and oxygen atoms in total. The third kappa shape index (κ3) is 3.65. The molecule has 5 heteroatoms. The third-order valence-corrected chi connectivity index (χ3v) is 4.01. The van der Waals surface area contributed by atoms with Crippen LogP contribution in [0.15, 0.2) is 0 Å². The first-order valence-electron chi connectivity index (χ1n) is 6.84. The normalized spacial score (nSPS) is 31.2. The summed E-state index contributed by atoms with van der Waals surface area (Å²) < 4.78 is 11.4. The molecule has 106 valence electrons. The number of rotatable bonds is 4. The van der Waals surface area contributed by atoms with Crippen molar-refractivity contribution in [2.45, 2.75) is 49.9 Å². The third-order valence-electron chi connectivity index (χ3n) is 4.01. The molecule has 0 bridgehead atoms. The second-order valence-electron chi connectivity index (χ2n) is 5.87. The van der Waals surface area contributed by atoms with Crippen LogP contribution in [-0.4, -0.2) is 60.4 Å². The van der Waals surface area contributed by atoms with E-state index in [2.05, 4.69) is 5.32 Å². The van der Waals surface area contributed by atoms with Crippen molar-refractivity contribution in [3.8, 4) is 0 Å². The van der Waals surface area contributed by atoms with E-state index in [-0.39, 0.29) is 12.2 Å². The molecule has 2 fully saturated rings. The molecule has 2 rings (SSSR count). The lowest BCUT2D eigenvalue weighted by molar-refractivity contribution is -0.141. The van der Waals surface area contributed by atoms with Crippen LogP contribution in [0.1, 0.15) is 32.6 Å². The van der Waals surface area contributed by atoms with Crippen molar-refractivity contribution in [3.63, 3.8) is 0 Å². The lowest BCUT2D eigenvalue weighted by atomic mass is 9.84. The van der Waals surface area contributed by atoms with E-state index in [1.807, 2.05) is 0 Å². The maximum Gasteiger partial charge on any atom is 0.0972 e. The molecule has 0 aromatic heterocycles. The first-order valence-corrected chi connectivity index (χ1v) is 6.84. The molecule has 2 atom stereocenters. The van der Waals surface area contributed by atoms with E-state index in [4.69, 9.17) is 14.6 Å². The van der Waals surface area contributed by atoms with Crippen molar-refractivity contribution in [1.29, 1.82) is 0 Å². The maximum atomic E-state index is 9.79. The van der Waals surface area contributed by atoms with Crippen molar-refractivity contribution in [1.82, 2.24) is 5.32 Å². The Bertz CT molecular complexity index is 258. The van der Waals surface area contributed by atoms with Crippen LogP contribution in [0.2, 0.25) is 0 Å². The van der Waals surface area contributed by atoms with Crippen LogP contribution in [0.5, 0.6) is 0 Å². The summed E-state index contributed by atoms with van der Waals surface area (Å²) in [5, 5.41) is 22.2. The van der Waals surface area contributed by atoms with Gasteiger partial charge in [0.1, 0.15) is 0 Å². The summed E-state index contributed by atoms with van der Waals surface area (Å²) in [6, 6.07) is 0.356. The van der Waals surface area contributed by atoms with Gasteiger partial charge in [0.25, 0.3) is 0 Å². The van der Waals surface area contributed by atoms with Gasteiger partial charge in [0.15, 0.2) is 0 Å². The summed E-state index contributed by atoms with van der Waals surface area (Å²) in [6.07, 6.45) is 3.85. The van der Waals surface area contributed by atoms with Gasteiger partial charge in [0, 0.05) is 32.4 Å². The lowest BCUT2D eigenvalue weighted by Gasteiger charge is -2.44. The van der Waals surface area contributed by atoms with E-state index < -0.39 is 5.60 Å². The molecule has 1 spiro atoms. The van der Waals surface area contributed by atoms with Gasteiger partial charge in [-0.15, -0.1) is 0 Å². The molecule has 2 heterocycles. The van der Waals surface area contributed by atoms with Gasteiger partial charge >= 0.3 is 0 Å². The van der Waals surface area contributed by atoms with Gasteiger partial charge in [-0.25, -0.2) is 0 Å². The molecule has 0 saturated carbocycles. The minimum absolute atomic E-state index is 0.0285. The summed E-state index contributed by atoms with van der Waals surface area (Å²) >= 11 is 0.